The summed E-state index contributed by atoms with van der Waals surface area (Å²) in [6, 6.07) is 37.4. The zero-order chi connectivity index (χ0) is 22.4. The van der Waals surface area contributed by atoms with E-state index in [0.29, 0.717) is 0 Å². The van der Waals surface area contributed by atoms with Gasteiger partial charge in [0.05, 0.1) is 4.90 Å². The molecule has 0 atom stereocenters. The maximum atomic E-state index is 12.8. The van der Waals surface area contributed by atoms with E-state index in [1.807, 2.05) is 67.3 Å². The first-order valence-corrected chi connectivity index (χ1v) is 13.6. The molecule has 0 saturated carbocycles. The zero-order valence-electron chi connectivity index (χ0n) is 17.7. The normalized spacial score (nSPS) is 12.0. The van der Waals surface area contributed by atoms with E-state index < -0.39 is 16.9 Å². The van der Waals surface area contributed by atoms with Gasteiger partial charge in [-0.15, -0.1) is 0 Å². The van der Waals surface area contributed by atoms with E-state index in [9.17, 15) is 8.42 Å². The molecule has 4 aromatic carbocycles. The number of aryl methyl sites for hydroxylation is 1. The smallest absolute Gasteiger partial charge is 0.199 e. The van der Waals surface area contributed by atoms with Gasteiger partial charge in [-0.05, 0) is 47.7 Å². The van der Waals surface area contributed by atoms with Gasteiger partial charge >= 0.3 is 0 Å². The predicted molar refractivity (Wildman–Crippen MR) is 138 cm³/mol. The van der Waals surface area contributed by atoms with E-state index >= 15 is 0 Å². The first-order valence-electron chi connectivity index (χ1n) is 10.3. The van der Waals surface area contributed by atoms with Crippen molar-refractivity contribution in [1.29, 1.82) is 0 Å². The molecule has 0 aliphatic rings. The van der Waals surface area contributed by atoms with Crippen LogP contribution in [0.1, 0.15) is 5.56 Å². The molecule has 5 heteroatoms. The molecule has 0 aromatic heterocycles. The van der Waals surface area contributed by atoms with Gasteiger partial charge in [0.1, 0.15) is 0 Å². The Kier molecular flexibility index (Phi) is 6.55. The summed E-state index contributed by atoms with van der Waals surface area (Å²) in [7, 11) is -3.79. The average molecular weight is 458 g/mol. The molecule has 0 aliphatic heterocycles. The second-order valence-corrected chi connectivity index (χ2v) is 12.3. The molecule has 0 radical (unpaired) electrons. The van der Waals surface area contributed by atoms with E-state index in [0.717, 1.165) is 21.5 Å². The van der Waals surface area contributed by atoms with Gasteiger partial charge in [-0.25, -0.2) is 0 Å². The summed E-state index contributed by atoms with van der Waals surface area (Å²) in [5.74, 6) is 1.98. The Morgan fingerprint density at radius 2 is 1.03 bits per heavy atom. The maximum Gasteiger partial charge on any atom is 0.282 e. The number of hydrogen-bond donors (Lipinski definition) is 0. The predicted octanol–water partition coefficient (Wildman–Crippen LogP) is 4.55. The standard InChI is InChI=1S/C27H24NO2PS/c1-23-17-19-27(20-18-23)32(29,30)28-21-22-31(24-11-5-2-6-12-24,25-13-7-3-8-14-25)26-15-9-4-10-16-26/h2-22H,1H3/b28-21+. The summed E-state index contributed by atoms with van der Waals surface area (Å²) in [5.41, 5.74) is 1.00. The van der Waals surface area contributed by atoms with E-state index in [-0.39, 0.29) is 4.90 Å². The van der Waals surface area contributed by atoms with Crippen molar-refractivity contribution in [2.75, 3.05) is 0 Å². The van der Waals surface area contributed by atoms with Crippen LogP contribution in [0.5, 0.6) is 0 Å². The molecule has 0 N–H and O–H groups in total. The molecule has 0 fully saturated rings. The molecular formula is C27H24NO2PS. The van der Waals surface area contributed by atoms with Crippen LogP contribution in [0.3, 0.4) is 0 Å². The summed E-state index contributed by atoms with van der Waals surface area (Å²) in [6.45, 7) is -0.355. The molecule has 0 bridgehead atoms. The van der Waals surface area contributed by atoms with Crippen LogP contribution < -0.4 is 15.9 Å². The van der Waals surface area contributed by atoms with Crippen molar-refractivity contribution in [3.05, 3.63) is 121 Å². The summed E-state index contributed by atoms with van der Waals surface area (Å²) in [6.07, 6.45) is 1.47. The van der Waals surface area contributed by atoms with Crippen LogP contribution >= 0.6 is 6.89 Å². The van der Waals surface area contributed by atoms with Crippen molar-refractivity contribution in [3.63, 3.8) is 0 Å². The molecule has 0 unspecified atom stereocenters. The van der Waals surface area contributed by atoms with Crippen molar-refractivity contribution in [3.8, 4) is 0 Å². The van der Waals surface area contributed by atoms with Gasteiger partial charge in [0.15, 0.2) is 0 Å². The number of benzene rings is 4. The molecule has 0 spiro atoms. The topological polar surface area (TPSA) is 46.5 Å². The van der Waals surface area contributed by atoms with Crippen molar-refractivity contribution in [2.45, 2.75) is 11.8 Å². The Morgan fingerprint density at radius 3 is 1.44 bits per heavy atom. The van der Waals surface area contributed by atoms with Gasteiger partial charge in [-0.3, -0.25) is 0 Å². The highest BCUT2D eigenvalue weighted by Crippen LogP contribution is 2.43. The molecule has 4 aromatic rings. The number of nitrogens with zero attached hydrogens (tertiary/aromatic N) is 1. The third-order valence-electron chi connectivity index (χ3n) is 5.30. The van der Waals surface area contributed by atoms with Crippen LogP contribution in [0.2, 0.25) is 0 Å². The molecular weight excluding hydrogens is 433 g/mol. The second kappa shape index (κ2) is 9.52. The van der Waals surface area contributed by atoms with E-state index in [1.54, 1.807) is 24.3 Å². The van der Waals surface area contributed by atoms with Gasteiger partial charge < -0.3 is 0 Å². The molecule has 0 aliphatic carbocycles. The summed E-state index contributed by atoms with van der Waals surface area (Å²) >= 11 is 0. The monoisotopic (exact) mass is 457 g/mol. The summed E-state index contributed by atoms with van der Waals surface area (Å²) in [5, 5.41) is 3.41. The second-order valence-electron chi connectivity index (χ2n) is 7.42. The van der Waals surface area contributed by atoms with E-state index in [1.165, 1.54) is 6.21 Å². The largest absolute Gasteiger partial charge is 0.282 e. The minimum absolute atomic E-state index is 0.191. The fourth-order valence-corrected chi connectivity index (χ4v) is 8.19. The Labute approximate surface area is 190 Å². The Morgan fingerprint density at radius 1 is 0.625 bits per heavy atom. The van der Waals surface area contributed by atoms with E-state index in [4.69, 9.17) is 0 Å². The molecule has 0 saturated heterocycles. The lowest BCUT2D eigenvalue weighted by atomic mass is 10.2. The van der Waals surface area contributed by atoms with Crippen LogP contribution in [0.4, 0.5) is 0 Å². The Bertz CT molecular complexity index is 1260. The lowest BCUT2D eigenvalue weighted by Crippen LogP contribution is -2.27. The van der Waals surface area contributed by atoms with Crippen LogP contribution in [0.15, 0.2) is 125 Å². The van der Waals surface area contributed by atoms with Gasteiger partial charge in [0.25, 0.3) is 10.0 Å². The van der Waals surface area contributed by atoms with Crippen molar-refractivity contribution in [1.82, 2.24) is 0 Å². The quantitative estimate of drug-likeness (QED) is 0.315. The molecule has 3 nitrogen and oxygen atoms in total. The Balaban J connectivity index is 1.94. The average Bonchev–Trinajstić information content (AvgIpc) is 2.84. The highest BCUT2D eigenvalue weighted by Gasteiger charge is 2.24. The van der Waals surface area contributed by atoms with Crippen LogP contribution in [0, 0.1) is 6.92 Å². The minimum atomic E-state index is -3.79. The molecule has 32 heavy (non-hydrogen) atoms. The van der Waals surface area contributed by atoms with Gasteiger partial charge in [0.2, 0.25) is 0 Å². The van der Waals surface area contributed by atoms with E-state index in [2.05, 4.69) is 40.8 Å². The highest BCUT2D eigenvalue weighted by atomic mass is 32.2. The van der Waals surface area contributed by atoms with Crippen molar-refractivity contribution in [2.24, 2.45) is 4.40 Å². The first-order chi connectivity index (χ1) is 15.5. The first kappa shape index (κ1) is 22.0. The fraction of sp³-hybridized carbons (Fsp3) is 0.0370. The van der Waals surface area contributed by atoms with Crippen LogP contribution in [-0.2, 0) is 10.0 Å². The van der Waals surface area contributed by atoms with Crippen molar-refractivity contribution < 1.29 is 8.42 Å². The third-order valence-corrected chi connectivity index (χ3v) is 10.5. The number of sulfonamides is 1. The number of hydrogen-bond acceptors (Lipinski definition) is 2. The lowest BCUT2D eigenvalue weighted by Gasteiger charge is -2.28. The third kappa shape index (κ3) is 4.52. The number of rotatable bonds is 6. The fourth-order valence-electron chi connectivity index (χ4n) is 3.67. The van der Waals surface area contributed by atoms with Gasteiger partial charge in [-0.2, -0.15) is 12.8 Å². The van der Waals surface area contributed by atoms with Gasteiger partial charge in [0, 0.05) is 6.21 Å². The summed E-state index contributed by atoms with van der Waals surface area (Å²) < 4.78 is 29.7. The summed E-state index contributed by atoms with van der Waals surface area (Å²) in [4.78, 5) is 0.191. The Hall–Kier alpha value is -3.20. The zero-order valence-corrected chi connectivity index (χ0v) is 19.5. The lowest BCUT2D eigenvalue weighted by molar-refractivity contribution is 0.598. The maximum absolute atomic E-state index is 12.8. The SMILES string of the molecule is Cc1ccc(S(=O)(=O)/N=C/C=P(c2ccccc2)(c2ccccc2)c2ccccc2)cc1. The van der Waals surface area contributed by atoms with Crippen molar-refractivity contribution >= 4 is 44.8 Å². The van der Waals surface area contributed by atoms with Crippen LogP contribution in [0.25, 0.3) is 0 Å². The highest BCUT2D eigenvalue weighted by molar-refractivity contribution is 7.95. The molecule has 160 valence electrons. The molecule has 0 heterocycles. The molecule has 4 rings (SSSR count). The minimum Gasteiger partial charge on any atom is -0.199 e. The molecule has 0 amide bonds. The van der Waals surface area contributed by atoms with Crippen LogP contribution in [-0.4, -0.2) is 20.4 Å². The van der Waals surface area contributed by atoms with Gasteiger partial charge in [-0.1, -0.05) is 109 Å².